The minimum absolute atomic E-state index is 0.0607. The highest BCUT2D eigenvalue weighted by Crippen LogP contribution is 2.30. The fraction of sp³-hybridized carbons (Fsp3) is 0.250. The Morgan fingerprint density at radius 2 is 1.84 bits per heavy atom. The molecule has 1 atom stereocenters. The number of hydrogen-bond donors (Lipinski definition) is 1. The summed E-state index contributed by atoms with van der Waals surface area (Å²) in [5.74, 6) is -0.222. The normalized spacial score (nSPS) is 12.5. The Labute approximate surface area is 118 Å². The van der Waals surface area contributed by atoms with Crippen molar-refractivity contribution < 1.29 is 4.39 Å². The van der Waals surface area contributed by atoms with Crippen LogP contribution in [-0.2, 0) is 0 Å². The van der Waals surface area contributed by atoms with Crippen molar-refractivity contribution in [3.63, 3.8) is 0 Å². The molecule has 0 amide bonds. The molecule has 0 spiro atoms. The second-order valence-electron chi connectivity index (χ2n) is 4.68. The zero-order valence-corrected chi connectivity index (χ0v) is 12.1. The highest BCUT2D eigenvalue weighted by Gasteiger charge is 2.17. The molecule has 1 N–H and O–H groups in total. The van der Waals surface area contributed by atoms with Gasteiger partial charge in [-0.1, -0.05) is 29.8 Å². The van der Waals surface area contributed by atoms with Crippen LogP contribution in [0, 0.1) is 19.7 Å². The molecular formula is C16H17ClFN. The SMILES string of the molecule is CNC(c1cc(F)ccc1C)c1cccc(Cl)c1C. The molecule has 0 aliphatic heterocycles. The molecule has 19 heavy (non-hydrogen) atoms. The molecule has 2 aromatic carbocycles. The van der Waals surface area contributed by atoms with Crippen LogP contribution in [0.25, 0.3) is 0 Å². The summed E-state index contributed by atoms with van der Waals surface area (Å²) in [7, 11) is 1.87. The first-order valence-electron chi connectivity index (χ1n) is 6.23. The van der Waals surface area contributed by atoms with Crippen molar-refractivity contribution >= 4 is 11.6 Å². The van der Waals surface area contributed by atoms with Crippen LogP contribution < -0.4 is 5.32 Å². The summed E-state index contributed by atoms with van der Waals surface area (Å²) in [5.41, 5.74) is 4.09. The molecule has 1 nitrogen and oxygen atoms in total. The Morgan fingerprint density at radius 1 is 1.11 bits per heavy atom. The van der Waals surface area contributed by atoms with E-state index in [4.69, 9.17) is 11.6 Å². The van der Waals surface area contributed by atoms with Crippen LogP contribution in [-0.4, -0.2) is 7.05 Å². The van der Waals surface area contributed by atoms with E-state index >= 15 is 0 Å². The van der Waals surface area contributed by atoms with Gasteiger partial charge in [0.1, 0.15) is 5.82 Å². The molecule has 2 rings (SSSR count). The molecule has 100 valence electrons. The quantitative estimate of drug-likeness (QED) is 0.876. The summed E-state index contributed by atoms with van der Waals surface area (Å²) in [4.78, 5) is 0. The van der Waals surface area contributed by atoms with Gasteiger partial charge in [0.2, 0.25) is 0 Å². The molecule has 2 aromatic rings. The number of benzene rings is 2. The highest BCUT2D eigenvalue weighted by molar-refractivity contribution is 6.31. The second-order valence-corrected chi connectivity index (χ2v) is 5.08. The van der Waals surface area contributed by atoms with Crippen molar-refractivity contribution in [2.45, 2.75) is 19.9 Å². The summed E-state index contributed by atoms with van der Waals surface area (Å²) >= 11 is 6.17. The van der Waals surface area contributed by atoms with Crippen molar-refractivity contribution in [3.05, 3.63) is 69.5 Å². The monoisotopic (exact) mass is 277 g/mol. The van der Waals surface area contributed by atoms with E-state index in [0.717, 1.165) is 27.3 Å². The van der Waals surface area contributed by atoms with Gasteiger partial charge in [0.15, 0.2) is 0 Å². The summed E-state index contributed by atoms with van der Waals surface area (Å²) < 4.78 is 13.5. The van der Waals surface area contributed by atoms with Crippen molar-refractivity contribution in [2.24, 2.45) is 0 Å². The molecule has 0 aliphatic carbocycles. The number of hydrogen-bond acceptors (Lipinski definition) is 1. The van der Waals surface area contributed by atoms with Gasteiger partial charge in [-0.25, -0.2) is 4.39 Å². The lowest BCUT2D eigenvalue weighted by Gasteiger charge is -2.22. The fourth-order valence-corrected chi connectivity index (χ4v) is 2.52. The largest absolute Gasteiger partial charge is 0.309 e. The average molecular weight is 278 g/mol. The summed E-state index contributed by atoms with van der Waals surface area (Å²) in [6, 6.07) is 10.6. The Bertz CT molecular complexity index is 593. The molecule has 0 bridgehead atoms. The minimum Gasteiger partial charge on any atom is -0.309 e. The maximum absolute atomic E-state index is 13.5. The van der Waals surface area contributed by atoms with Crippen molar-refractivity contribution in [2.75, 3.05) is 7.05 Å². The van der Waals surface area contributed by atoms with Gasteiger partial charge in [-0.15, -0.1) is 0 Å². The smallest absolute Gasteiger partial charge is 0.123 e. The highest BCUT2D eigenvalue weighted by atomic mass is 35.5. The standard InChI is InChI=1S/C16H17ClFN/c1-10-7-8-12(18)9-14(10)16(19-3)13-5-4-6-15(17)11(13)2/h4-9,16,19H,1-3H3. The third kappa shape index (κ3) is 2.80. The lowest BCUT2D eigenvalue weighted by molar-refractivity contribution is 0.614. The first-order chi connectivity index (χ1) is 9.04. The van der Waals surface area contributed by atoms with E-state index in [1.54, 1.807) is 12.1 Å². The van der Waals surface area contributed by atoms with Crippen LogP contribution in [0.2, 0.25) is 5.02 Å². The van der Waals surface area contributed by atoms with Gasteiger partial charge in [0.05, 0.1) is 6.04 Å². The number of halogens is 2. The van der Waals surface area contributed by atoms with Gasteiger partial charge >= 0.3 is 0 Å². The molecule has 1 unspecified atom stereocenters. The first kappa shape index (κ1) is 14.0. The van der Waals surface area contributed by atoms with Crippen LogP contribution in [0.3, 0.4) is 0 Å². The van der Waals surface area contributed by atoms with Crippen molar-refractivity contribution in [3.8, 4) is 0 Å². The van der Waals surface area contributed by atoms with Gasteiger partial charge in [-0.05, 0) is 61.3 Å². The molecule has 0 saturated heterocycles. The summed E-state index contributed by atoms with van der Waals surface area (Å²) in [6.45, 7) is 3.97. The number of rotatable bonds is 3. The molecule has 0 saturated carbocycles. The maximum Gasteiger partial charge on any atom is 0.123 e. The Kier molecular flexibility index (Phi) is 4.23. The molecule has 0 aliphatic rings. The van der Waals surface area contributed by atoms with Crippen molar-refractivity contribution in [1.29, 1.82) is 0 Å². The van der Waals surface area contributed by atoms with Crippen LogP contribution >= 0.6 is 11.6 Å². The molecule has 0 heterocycles. The zero-order chi connectivity index (χ0) is 14.0. The van der Waals surface area contributed by atoms with Gasteiger partial charge in [0, 0.05) is 5.02 Å². The molecule has 0 fully saturated rings. The van der Waals surface area contributed by atoms with Crippen molar-refractivity contribution in [1.82, 2.24) is 5.32 Å². The van der Waals surface area contributed by atoms with E-state index in [-0.39, 0.29) is 11.9 Å². The molecule has 0 radical (unpaired) electrons. The Balaban J connectivity index is 2.56. The van der Waals surface area contributed by atoms with E-state index in [9.17, 15) is 4.39 Å². The molecule has 3 heteroatoms. The third-order valence-corrected chi connectivity index (χ3v) is 3.87. The van der Waals surface area contributed by atoms with Crippen LogP contribution in [0.1, 0.15) is 28.3 Å². The van der Waals surface area contributed by atoms with E-state index in [0.29, 0.717) is 0 Å². The minimum atomic E-state index is -0.222. The summed E-state index contributed by atoms with van der Waals surface area (Å²) in [6.07, 6.45) is 0. The first-order valence-corrected chi connectivity index (χ1v) is 6.60. The van der Waals surface area contributed by atoms with Gasteiger partial charge in [-0.3, -0.25) is 0 Å². The van der Waals surface area contributed by atoms with Crippen LogP contribution in [0.5, 0.6) is 0 Å². The maximum atomic E-state index is 13.5. The summed E-state index contributed by atoms with van der Waals surface area (Å²) in [5, 5.41) is 3.97. The number of aryl methyl sites for hydroxylation is 1. The topological polar surface area (TPSA) is 12.0 Å². The Hall–Kier alpha value is -1.38. The van der Waals surface area contributed by atoms with E-state index in [1.165, 1.54) is 6.07 Å². The predicted octanol–water partition coefficient (Wildman–Crippen LogP) is 4.40. The average Bonchev–Trinajstić information content (AvgIpc) is 2.39. The fourth-order valence-electron chi connectivity index (χ4n) is 2.34. The molecular weight excluding hydrogens is 261 g/mol. The lowest BCUT2D eigenvalue weighted by atomic mass is 9.92. The van der Waals surface area contributed by atoms with Crippen LogP contribution in [0.4, 0.5) is 4.39 Å². The van der Waals surface area contributed by atoms with E-state index < -0.39 is 0 Å². The van der Waals surface area contributed by atoms with Gasteiger partial charge in [0.25, 0.3) is 0 Å². The van der Waals surface area contributed by atoms with Gasteiger partial charge in [-0.2, -0.15) is 0 Å². The number of nitrogens with one attached hydrogen (secondary N) is 1. The van der Waals surface area contributed by atoms with Gasteiger partial charge < -0.3 is 5.32 Å². The molecule has 0 aromatic heterocycles. The van der Waals surface area contributed by atoms with E-state index in [1.807, 2.05) is 39.1 Å². The predicted molar refractivity (Wildman–Crippen MR) is 78.2 cm³/mol. The second kappa shape index (κ2) is 5.72. The lowest BCUT2D eigenvalue weighted by Crippen LogP contribution is -2.20. The zero-order valence-electron chi connectivity index (χ0n) is 11.3. The third-order valence-electron chi connectivity index (χ3n) is 3.46. The van der Waals surface area contributed by atoms with Crippen LogP contribution in [0.15, 0.2) is 36.4 Å². The van der Waals surface area contributed by atoms with E-state index in [2.05, 4.69) is 5.32 Å². The Morgan fingerprint density at radius 3 is 2.53 bits per heavy atom.